The topological polar surface area (TPSA) is 17.1 Å². The van der Waals surface area contributed by atoms with Gasteiger partial charge in [0, 0.05) is 5.92 Å². The number of rotatable bonds is 0. The van der Waals surface area contributed by atoms with Gasteiger partial charge >= 0.3 is 0 Å². The van der Waals surface area contributed by atoms with Crippen molar-refractivity contribution in [1.29, 1.82) is 0 Å². The fourth-order valence-corrected chi connectivity index (χ4v) is 1.68. The van der Waals surface area contributed by atoms with Crippen LogP contribution in [0.3, 0.4) is 0 Å². The van der Waals surface area contributed by atoms with Crippen LogP contribution >= 0.6 is 0 Å². The number of carbonyl (C=O) groups is 1. The van der Waals surface area contributed by atoms with E-state index in [1.165, 1.54) is 0 Å². The van der Waals surface area contributed by atoms with Crippen LogP contribution in [0.1, 0.15) is 27.7 Å². The molecule has 0 aliphatic heterocycles. The van der Waals surface area contributed by atoms with Crippen LogP contribution in [0.25, 0.3) is 0 Å². The Morgan fingerprint density at radius 3 is 2.36 bits per heavy atom. The first-order chi connectivity index (χ1) is 5.04. The first-order valence-electron chi connectivity index (χ1n) is 4.26. The molecule has 0 N–H and O–H groups in total. The highest BCUT2D eigenvalue weighted by Crippen LogP contribution is 2.30. The first kappa shape index (κ1) is 8.51. The standard InChI is InChI=1S/C10H16O/c1-6-5-7(2)10(11)9(4)8(6)3/h5-6,8-9H,1-4H3. The van der Waals surface area contributed by atoms with Crippen molar-refractivity contribution in [1.82, 2.24) is 0 Å². The lowest BCUT2D eigenvalue weighted by molar-refractivity contribution is -0.121. The molecule has 3 unspecified atom stereocenters. The Morgan fingerprint density at radius 2 is 1.82 bits per heavy atom. The van der Waals surface area contributed by atoms with Gasteiger partial charge in [-0.05, 0) is 24.3 Å². The zero-order valence-corrected chi connectivity index (χ0v) is 7.72. The van der Waals surface area contributed by atoms with Gasteiger partial charge in [-0.25, -0.2) is 0 Å². The van der Waals surface area contributed by atoms with E-state index in [1.807, 2.05) is 13.8 Å². The van der Waals surface area contributed by atoms with E-state index in [2.05, 4.69) is 19.9 Å². The van der Waals surface area contributed by atoms with Crippen LogP contribution in [-0.2, 0) is 4.79 Å². The maximum Gasteiger partial charge on any atom is 0.161 e. The van der Waals surface area contributed by atoms with E-state index in [0.717, 1.165) is 5.57 Å². The predicted octanol–water partition coefficient (Wildman–Crippen LogP) is 2.42. The maximum absolute atomic E-state index is 11.4. The average Bonchev–Trinajstić information content (AvgIpc) is 1.97. The maximum atomic E-state index is 11.4. The first-order valence-corrected chi connectivity index (χ1v) is 4.26. The fraction of sp³-hybridized carbons (Fsp3) is 0.700. The van der Waals surface area contributed by atoms with E-state index < -0.39 is 0 Å². The predicted molar refractivity (Wildman–Crippen MR) is 46.3 cm³/mol. The summed E-state index contributed by atoms with van der Waals surface area (Å²) in [6.07, 6.45) is 2.09. The van der Waals surface area contributed by atoms with E-state index >= 15 is 0 Å². The number of Topliss-reactive ketones (excluding diaryl/α,β-unsaturated/α-hetero) is 1. The van der Waals surface area contributed by atoms with Crippen molar-refractivity contribution in [3.8, 4) is 0 Å². The third kappa shape index (κ3) is 1.37. The van der Waals surface area contributed by atoms with Crippen molar-refractivity contribution >= 4 is 5.78 Å². The molecular formula is C10H16O. The molecule has 1 rings (SSSR count). The van der Waals surface area contributed by atoms with Crippen LogP contribution in [-0.4, -0.2) is 5.78 Å². The molecule has 3 atom stereocenters. The molecule has 0 fully saturated rings. The molecule has 1 nitrogen and oxygen atoms in total. The Hall–Kier alpha value is -0.590. The van der Waals surface area contributed by atoms with Crippen molar-refractivity contribution in [2.45, 2.75) is 27.7 Å². The van der Waals surface area contributed by atoms with E-state index in [1.54, 1.807) is 0 Å². The van der Waals surface area contributed by atoms with Crippen LogP contribution in [0, 0.1) is 17.8 Å². The number of hydrogen-bond acceptors (Lipinski definition) is 1. The van der Waals surface area contributed by atoms with Gasteiger partial charge in [-0.3, -0.25) is 4.79 Å². The molecule has 62 valence electrons. The Morgan fingerprint density at radius 1 is 1.27 bits per heavy atom. The number of ketones is 1. The van der Waals surface area contributed by atoms with E-state index in [-0.39, 0.29) is 5.92 Å². The highest BCUT2D eigenvalue weighted by atomic mass is 16.1. The summed E-state index contributed by atoms with van der Waals surface area (Å²) in [6, 6.07) is 0. The summed E-state index contributed by atoms with van der Waals surface area (Å²) in [4.78, 5) is 11.4. The SMILES string of the molecule is CC1=CC(C)C(C)C(C)C1=O. The Balaban J connectivity index is 2.92. The molecule has 0 saturated heterocycles. The summed E-state index contributed by atoms with van der Waals surface area (Å²) >= 11 is 0. The zero-order valence-electron chi connectivity index (χ0n) is 7.72. The van der Waals surface area contributed by atoms with E-state index in [0.29, 0.717) is 17.6 Å². The van der Waals surface area contributed by atoms with Gasteiger partial charge in [0.1, 0.15) is 0 Å². The molecule has 1 aliphatic carbocycles. The van der Waals surface area contributed by atoms with Gasteiger partial charge in [0.15, 0.2) is 5.78 Å². The lowest BCUT2D eigenvalue weighted by atomic mass is 9.75. The van der Waals surface area contributed by atoms with Gasteiger partial charge in [-0.15, -0.1) is 0 Å². The van der Waals surface area contributed by atoms with Crippen molar-refractivity contribution in [2.75, 3.05) is 0 Å². The normalized spacial score (nSPS) is 38.7. The molecule has 1 heteroatoms. The molecule has 1 aliphatic rings. The van der Waals surface area contributed by atoms with E-state index in [4.69, 9.17) is 0 Å². The summed E-state index contributed by atoms with van der Waals surface area (Å²) in [6.45, 7) is 8.27. The summed E-state index contributed by atoms with van der Waals surface area (Å²) in [5.74, 6) is 1.61. The second-order valence-electron chi connectivity index (χ2n) is 3.72. The molecule has 0 spiro atoms. The lowest BCUT2D eigenvalue weighted by Crippen LogP contribution is -2.28. The molecule has 0 aromatic carbocycles. The molecular weight excluding hydrogens is 136 g/mol. The molecule has 0 bridgehead atoms. The van der Waals surface area contributed by atoms with Gasteiger partial charge in [0.2, 0.25) is 0 Å². The monoisotopic (exact) mass is 152 g/mol. The molecule has 11 heavy (non-hydrogen) atoms. The second-order valence-corrected chi connectivity index (χ2v) is 3.72. The molecule has 0 radical (unpaired) electrons. The Labute approximate surface area is 68.5 Å². The highest BCUT2D eigenvalue weighted by molar-refractivity contribution is 5.97. The molecule has 0 amide bonds. The van der Waals surface area contributed by atoms with Crippen molar-refractivity contribution in [2.24, 2.45) is 17.8 Å². The van der Waals surface area contributed by atoms with Crippen molar-refractivity contribution in [3.05, 3.63) is 11.6 Å². The van der Waals surface area contributed by atoms with Crippen LogP contribution in [0.2, 0.25) is 0 Å². The van der Waals surface area contributed by atoms with Crippen LogP contribution < -0.4 is 0 Å². The minimum atomic E-state index is 0.218. The van der Waals surface area contributed by atoms with Gasteiger partial charge in [-0.1, -0.05) is 26.8 Å². The molecule has 0 aromatic heterocycles. The minimum Gasteiger partial charge on any atom is -0.294 e. The zero-order chi connectivity index (χ0) is 8.59. The van der Waals surface area contributed by atoms with Gasteiger partial charge in [-0.2, -0.15) is 0 Å². The summed E-state index contributed by atoms with van der Waals surface area (Å²) in [7, 11) is 0. The van der Waals surface area contributed by atoms with E-state index in [9.17, 15) is 4.79 Å². The second kappa shape index (κ2) is 2.80. The minimum absolute atomic E-state index is 0.218. The number of allylic oxidation sites excluding steroid dienone is 2. The third-order valence-corrected chi connectivity index (χ3v) is 2.93. The van der Waals surface area contributed by atoms with Crippen LogP contribution in [0.5, 0.6) is 0 Å². The quantitative estimate of drug-likeness (QED) is 0.521. The average molecular weight is 152 g/mol. The third-order valence-electron chi connectivity index (χ3n) is 2.93. The number of carbonyl (C=O) groups excluding carboxylic acids is 1. The number of hydrogen-bond donors (Lipinski definition) is 0. The summed E-state index contributed by atoms with van der Waals surface area (Å²) in [5.41, 5.74) is 0.947. The van der Waals surface area contributed by atoms with Gasteiger partial charge < -0.3 is 0 Å². The van der Waals surface area contributed by atoms with Crippen molar-refractivity contribution in [3.63, 3.8) is 0 Å². The summed E-state index contributed by atoms with van der Waals surface area (Å²) in [5, 5.41) is 0. The Kier molecular flexibility index (Phi) is 2.17. The highest BCUT2D eigenvalue weighted by Gasteiger charge is 2.29. The lowest BCUT2D eigenvalue weighted by Gasteiger charge is -2.28. The molecule has 0 heterocycles. The molecule has 0 saturated carbocycles. The smallest absolute Gasteiger partial charge is 0.161 e. The fourth-order valence-electron chi connectivity index (χ4n) is 1.68. The van der Waals surface area contributed by atoms with Crippen molar-refractivity contribution < 1.29 is 4.79 Å². The summed E-state index contributed by atoms with van der Waals surface area (Å²) < 4.78 is 0. The molecule has 0 aromatic rings. The van der Waals surface area contributed by atoms with Gasteiger partial charge in [0.25, 0.3) is 0 Å². The van der Waals surface area contributed by atoms with Crippen LogP contribution in [0.15, 0.2) is 11.6 Å². The van der Waals surface area contributed by atoms with Crippen LogP contribution in [0.4, 0.5) is 0 Å². The van der Waals surface area contributed by atoms with Gasteiger partial charge in [0.05, 0.1) is 0 Å². The largest absolute Gasteiger partial charge is 0.294 e. The Bertz CT molecular complexity index is 203.